The van der Waals surface area contributed by atoms with Crippen LogP contribution in [0.3, 0.4) is 0 Å². The molecule has 1 N–H and O–H groups in total. The fraction of sp³-hybridized carbons (Fsp3) is 0.0714. The standard InChI is InChI=1S/C14H11BrO2S2/c15-10-2-1-3-12(8-10)18-9-13-5-4-11(19-13)6-7-14(16)17/h1-8H,9H2,(H,16,17)/b7-6+. The Balaban J connectivity index is 1.95. The Hall–Kier alpha value is -1.04. The summed E-state index contributed by atoms with van der Waals surface area (Å²) in [6.45, 7) is 0. The van der Waals surface area contributed by atoms with Crippen LogP contribution in [0.25, 0.3) is 6.08 Å². The molecule has 1 heterocycles. The van der Waals surface area contributed by atoms with Crippen molar-refractivity contribution in [1.82, 2.24) is 0 Å². The summed E-state index contributed by atoms with van der Waals surface area (Å²) in [7, 11) is 0. The molecular weight excluding hydrogens is 344 g/mol. The van der Waals surface area contributed by atoms with Gasteiger partial charge in [0.05, 0.1) is 0 Å². The third-order valence-electron chi connectivity index (χ3n) is 2.25. The van der Waals surface area contributed by atoms with Crippen LogP contribution in [0.1, 0.15) is 9.75 Å². The molecule has 0 aliphatic heterocycles. The zero-order valence-electron chi connectivity index (χ0n) is 9.88. The van der Waals surface area contributed by atoms with Crippen molar-refractivity contribution in [2.75, 3.05) is 0 Å². The van der Waals surface area contributed by atoms with Crippen molar-refractivity contribution in [2.24, 2.45) is 0 Å². The van der Waals surface area contributed by atoms with Crippen LogP contribution in [0, 0.1) is 0 Å². The van der Waals surface area contributed by atoms with Crippen LogP contribution in [0.4, 0.5) is 0 Å². The topological polar surface area (TPSA) is 37.3 Å². The SMILES string of the molecule is O=C(O)/C=C/c1ccc(CSc2cccc(Br)c2)s1. The van der Waals surface area contributed by atoms with E-state index in [1.54, 1.807) is 29.2 Å². The van der Waals surface area contributed by atoms with E-state index in [0.29, 0.717) is 0 Å². The van der Waals surface area contributed by atoms with Gasteiger partial charge in [0, 0.05) is 31.0 Å². The first kappa shape index (κ1) is 14.4. The minimum absolute atomic E-state index is 0.891. The molecule has 0 radical (unpaired) electrons. The third-order valence-corrected chi connectivity index (χ3v) is 5.02. The van der Waals surface area contributed by atoms with E-state index in [4.69, 9.17) is 5.11 Å². The average Bonchev–Trinajstić information content (AvgIpc) is 2.82. The maximum Gasteiger partial charge on any atom is 0.328 e. The van der Waals surface area contributed by atoms with Gasteiger partial charge in [-0.15, -0.1) is 23.1 Å². The second-order valence-electron chi connectivity index (χ2n) is 3.72. The first-order valence-corrected chi connectivity index (χ1v) is 8.11. The van der Waals surface area contributed by atoms with Gasteiger partial charge in [0.2, 0.25) is 0 Å². The molecule has 0 aliphatic carbocycles. The van der Waals surface area contributed by atoms with Crippen LogP contribution in [-0.4, -0.2) is 11.1 Å². The van der Waals surface area contributed by atoms with Gasteiger partial charge in [0.25, 0.3) is 0 Å². The number of aliphatic carboxylic acids is 1. The summed E-state index contributed by atoms with van der Waals surface area (Å²) in [4.78, 5) is 13.8. The zero-order chi connectivity index (χ0) is 13.7. The van der Waals surface area contributed by atoms with Crippen molar-refractivity contribution in [2.45, 2.75) is 10.6 Å². The Morgan fingerprint density at radius 2 is 2.21 bits per heavy atom. The Labute approximate surface area is 128 Å². The van der Waals surface area contributed by atoms with E-state index in [9.17, 15) is 4.79 Å². The van der Waals surface area contributed by atoms with Crippen LogP contribution < -0.4 is 0 Å². The van der Waals surface area contributed by atoms with Crippen LogP contribution in [0.15, 0.2) is 51.8 Å². The number of halogens is 1. The summed E-state index contributed by atoms with van der Waals surface area (Å²) in [5.41, 5.74) is 0. The van der Waals surface area contributed by atoms with Crippen LogP contribution in [-0.2, 0) is 10.5 Å². The molecule has 2 nitrogen and oxygen atoms in total. The van der Waals surface area contributed by atoms with E-state index in [-0.39, 0.29) is 0 Å². The fourth-order valence-electron chi connectivity index (χ4n) is 1.43. The summed E-state index contributed by atoms with van der Waals surface area (Å²) >= 11 is 6.83. The highest BCUT2D eigenvalue weighted by Crippen LogP contribution is 2.28. The maximum absolute atomic E-state index is 10.4. The number of rotatable bonds is 5. The first-order chi connectivity index (χ1) is 9.13. The monoisotopic (exact) mass is 354 g/mol. The molecule has 0 fully saturated rings. The summed E-state index contributed by atoms with van der Waals surface area (Å²) in [5.74, 6) is -0.0272. The zero-order valence-corrected chi connectivity index (χ0v) is 13.1. The number of thiophene rings is 1. The molecule has 0 aliphatic rings. The van der Waals surface area contributed by atoms with Crippen molar-refractivity contribution < 1.29 is 9.90 Å². The number of benzene rings is 1. The minimum Gasteiger partial charge on any atom is -0.478 e. The molecule has 5 heteroatoms. The molecule has 0 saturated heterocycles. The molecule has 0 bridgehead atoms. The Bertz CT molecular complexity index is 605. The van der Waals surface area contributed by atoms with E-state index in [1.807, 2.05) is 24.3 Å². The first-order valence-electron chi connectivity index (χ1n) is 5.51. The van der Waals surface area contributed by atoms with Gasteiger partial charge in [-0.25, -0.2) is 4.79 Å². The molecule has 0 atom stereocenters. The van der Waals surface area contributed by atoms with E-state index in [1.165, 1.54) is 9.77 Å². The van der Waals surface area contributed by atoms with E-state index < -0.39 is 5.97 Å². The van der Waals surface area contributed by atoms with Crippen molar-refractivity contribution in [3.63, 3.8) is 0 Å². The molecule has 2 aromatic rings. The summed E-state index contributed by atoms with van der Waals surface area (Å²) < 4.78 is 1.08. The lowest BCUT2D eigenvalue weighted by molar-refractivity contribution is -0.131. The largest absolute Gasteiger partial charge is 0.478 e. The molecule has 1 aromatic heterocycles. The van der Waals surface area contributed by atoms with Crippen LogP contribution >= 0.6 is 39.0 Å². The number of thioether (sulfide) groups is 1. The lowest BCUT2D eigenvalue weighted by Gasteiger charge is -2.00. The highest BCUT2D eigenvalue weighted by atomic mass is 79.9. The van der Waals surface area contributed by atoms with Gasteiger partial charge in [0.15, 0.2) is 0 Å². The molecular formula is C14H11BrO2S2. The summed E-state index contributed by atoms with van der Waals surface area (Å²) in [6.07, 6.45) is 2.79. The van der Waals surface area contributed by atoms with Crippen molar-refractivity contribution in [3.8, 4) is 0 Å². The number of carboxylic acid groups (broad SMARTS) is 1. The molecule has 19 heavy (non-hydrogen) atoms. The molecule has 98 valence electrons. The molecule has 0 amide bonds. The number of hydrogen-bond acceptors (Lipinski definition) is 3. The molecule has 1 aromatic carbocycles. The predicted molar refractivity (Wildman–Crippen MR) is 84.7 cm³/mol. The van der Waals surface area contributed by atoms with Gasteiger partial charge in [-0.2, -0.15) is 0 Å². The van der Waals surface area contributed by atoms with Gasteiger partial charge in [-0.1, -0.05) is 22.0 Å². The van der Waals surface area contributed by atoms with Gasteiger partial charge in [-0.05, 0) is 36.4 Å². The minimum atomic E-state index is -0.918. The third kappa shape index (κ3) is 4.86. The number of hydrogen-bond donors (Lipinski definition) is 1. The molecule has 0 spiro atoms. The quantitative estimate of drug-likeness (QED) is 0.612. The summed E-state index contributed by atoms with van der Waals surface area (Å²) in [6, 6.07) is 12.2. The van der Waals surface area contributed by atoms with Gasteiger partial charge >= 0.3 is 5.97 Å². The second kappa shape index (κ2) is 6.93. The van der Waals surface area contributed by atoms with Gasteiger partial charge in [0.1, 0.15) is 0 Å². The normalized spacial score (nSPS) is 11.0. The summed E-state index contributed by atoms with van der Waals surface area (Å²) in [5, 5.41) is 8.57. The average molecular weight is 355 g/mol. The Morgan fingerprint density at radius 3 is 2.95 bits per heavy atom. The maximum atomic E-state index is 10.4. The van der Waals surface area contributed by atoms with E-state index in [0.717, 1.165) is 21.2 Å². The fourth-order valence-corrected chi connectivity index (χ4v) is 3.89. The van der Waals surface area contributed by atoms with Crippen molar-refractivity contribution >= 4 is 51.1 Å². The van der Waals surface area contributed by atoms with Crippen molar-refractivity contribution in [3.05, 3.63) is 56.7 Å². The molecule has 0 saturated carbocycles. The lowest BCUT2D eigenvalue weighted by Crippen LogP contribution is -1.84. The molecule has 0 unspecified atom stereocenters. The lowest BCUT2D eigenvalue weighted by atomic mass is 10.4. The highest BCUT2D eigenvalue weighted by Gasteiger charge is 2.01. The Morgan fingerprint density at radius 1 is 1.37 bits per heavy atom. The van der Waals surface area contributed by atoms with Gasteiger partial charge < -0.3 is 5.11 Å². The second-order valence-corrected chi connectivity index (χ2v) is 6.89. The number of carbonyl (C=O) groups is 1. The number of carboxylic acids is 1. The van der Waals surface area contributed by atoms with Crippen LogP contribution in [0.5, 0.6) is 0 Å². The van der Waals surface area contributed by atoms with Crippen LogP contribution in [0.2, 0.25) is 0 Å². The molecule has 2 rings (SSSR count). The predicted octanol–water partition coefficient (Wildman–Crippen LogP) is 4.90. The van der Waals surface area contributed by atoms with Crippen molar-refractivity contribution in [1.29, 1.82) is 0 Å². The van der Waals surface area contributed by atoms with E-state index in [2.05, 4.69) is 28.1 Å². The van der Waals surface area contributed by atoms with E-state index >= 15 is 0 Å². The smallest absolute Gasteiger partial charge is 0.328 e. The highest BCUT2D eigenvalue weighted by molar-refractivity contribution is 9.10. The Kier molecular flexibility index (Phi) is 5.24. The van der Waals surface area contributed by atoms with Gasteiger partial charge in [-0.3, -0.25) is 0 Å².